The van der Waals surface area contributed by atoms with Crippen molar-refractivity contribution in [2.24, 2.45) is 0 Å². The van der Waals surface area contributed by atoms with Crippen LogP contribution in [0.1, 0.15) is 40.0 Å². The molecule has 20 heavy (non-hydrogen) atoms. The summed E-state index contributed by atoms with van der Waals surface area (Å²) in [5, 5.41) is 0.828. The number of hydrogen-bond acceptors (Lipinski definition) is 3. The van der Waals surface area contributed by atoms with Crippen molar-refractivity contribution in [1.29, 1.82) is 0 Å². The minimum absolute atomic E-state index is 0.266. The van der Waals surface area contributed by atoms with Crippen LogP contribution in [0.5, 0.6) is 0 Å². The van der Waals surface area contributed by atoms with E-state index in [0.29, 0.717) is 19.8 Å². The van der Waals surface area contributed by atoms with Gasteiger partial charge in [0.25, 0.3) is 0 Å². The molecule has 0 aliphatic heterocycles. The molecule has 3 nitrogen and oxygen atoms in total. The first-order chi connectivity index (χ1) is 9.68. The van der Waals surface area contributed by atoms with Gasteiger partial charge in [0.2, 0.25) is 0 Å². The molecule has 0 aliphatic carbocycles. The van der Waals surface area contributed by atoms with Crippen LogP contribution in [0.25, 0.3) is 0 Å². The lowest BCUT2D eigenvalue weighted by Gasteiger charge is -2.29. The molecule has 0 atom stereocenters. The highest BCUT2D eigenvalue weighted by Gasteiger charge is 2.43. The third-order valence-electron chi connectivity index (χ3n) is 2.69. The highest BCUT2D eigenvalue weighted by Crippen LogP contribution is 2.13. The first kappa shape index (κ1) is 17.3. The zero-order valence-electron chi connectivity index (χ0n) is 12.7. The summed E-state index contributed by atoms with van der Waals surface area (Å²) in [4.78, 5) is 0. The van der Waals surface area contributed by atoms with Gasteiger partial charge in [-0.25, -0.2) is 4.39 Å². The van der Waals surface area contributed by atoms with E-state index in [4.69, 9.17) is 13.3 Å². The summed E-state index contributed by atoms with van der Waals surface area (Å²) in [6, 6.07) is 6.28. The van der Waals surface area contributed by atoms with Gasteiger partial charge in [0, 0.05) is 25.0 Å². The second-order valence-corrected chi connectivity index (χ2v) is 7.16. The molecule has 0 N–H and O–H groups in total. The lowest BCUT2D eigenvalue weighted by atomic mass is 10.3. The molecule has 5 heteroatoms. The molecule has 0 aromatic heterocycles. The molecule has 0 saturated heterocycles. The number of rotatable bonds is 10. The Morgan fingerprint density at radius 2 is 1.20 bits per heavy atom. The van der Waals surface area contributed by atoms with Gasteiger partial charge in [0.05, 0.1) is 0 Å². The van der Waals surface area contributed by atoms with Gasteiger partial charge < -0.3 is 13.3 Å². The van der Waals surface area contributed by atoms with Crippen LogP contribution < -0.4 is 5.19 Å². The fraction of sp³-hybridized carbons (Fsp3) is 0.600. The smallest absolute Gasteiger partial charge is 0.370 e. The van der Waals surface area contributed by atoms with Crippen LogP contribution in [0.4, 0.5) is 4.39 Å². The van der Waals surface area contributed by atoms with E-state index in [9.17, 15) is 4.39 Å². The largest absolute Gasteiger partial charge is 0.537 e. The molecule has 0 saturated carbocycles. The molecule has 1 aromatic rings. The van der Waals surface area contributed by atoms with Crippen molar-refractivity contribution in [2.45, 2.75) is 40.0 Å². The zero-order valence-corrected chi connectivity index (χ0v) is 13.7. The first-order valence-corrected chi connectivity index (χ1v) is 9.08. The highest BCUT2D eigenvalue weighted by atomic mass is 28.4. The zero-order chi connectivity index (χ0) is 14.8. The Balaban J connectivity index is 3.00. The van der Waals surface area contributed by atoms with Gasteiger partial charge in [-0.15, -0.1) is 0 Å². The van der Waals surface area contributed by atoms with Crippen molar-refractivity contribution < 1.29 is 17.7 Å². The summed E-state index contributed by atoms with van der Waals surface area (Å²) in [5.74, 6) is -0.266. The summed E-state index contributed by atoms with van der Waals surface area (Å²) in [6.45, 7) is 7.88. The van der Waals surface area contributed by atoms with Gasteiger partial charge in [-0.05, 0) is 31.4 Å². The first-order valence-electron chi connectivity index (χ1n) is 7.36. The maximum absolute atomic E-state index is 13.1. The Morgan fingerprint density at radius 3 is 1.55 bits per heavy atom. The molecule has 0 aliphatic rings. The van der Waals surface area contributed by atoms with Crippen molar-refractivity contribution in [3.63, 3.8) is 0 Å². The summed E-state index contributed by atoms with van der Waals surface area (Å²) >= 11 is 0. The fourth-order valence-corrected chi connectivity index (χ4v) is 4.48. The third kappa shape index (κ3) is 4.98. The van der Waals surface area contributed by atoms with Gasteiger partial charge in [-0.3, -0.25) is 0 Å². The standard InChI is InChI=1S/C15H25FO3Si/c1-4-11-17-20(18-12-5-2,19-13-6-3)15-9-7-14(16)8-10-15/h7-10H,4-6,11-13H2,1-3H3. The average molecular weight is 300 g/mol. The molecular weight excluding hydrogens is 275 g/mol. The molecule has 1 rings (SSSR count). The molecule has 0 heterocycles. The Labute approximate surface area is 122 Å². The van der Waals surface area contributed by atoms with Gasteiger partial charge in [0.15, 0.2) is 0 Å². The predicted molar refractivity (Wildman–Crippen MR) is 80.5 cm³/mol. The summed E-state index contributed by atoms with van der Waals surface area (Å²) in [6.07, 6.45) is 2.67. The van der Waals surface area contributed by atoms with Crippen LogP contribution >= 0.6 is 0 Å². The van der Waals surface area contributed by atoms with Crippen molar-refractivity contribution in [3.8, 4) is 0 Å². The predicted octanol–water partition coefficient (Wildman–Crippen LogP) is 3.25. The Bertz CT molecular complexity index is 348. The topological polar surface area (TPSA) is 27.7 Å². The molecule has 1 aromatic carbocycles. The minimum Gasteiger partial charge on any atom is -0.370 e. The summed E-state index contributed by atoms with van der Waals surface area (Å²) in [5.41, 5.74) is 0. The second kappa shape index (κ2) is 9.23. The molecule has 0 radical (unpaired) electrons. The maximum Gasteiger partial charge on any atom is 0.537 e. The average Bonchev–Trinajstić information content (AvgIpc) is 2.48. The molecular formula is C15H25FO3Si. The van der Waals surface area contributed by atoms with Crippen LogP contribution in [-0.4, -0.2) is 28.6 Å². The van der Waals surface area contributed by atoms with Crippen LogP contribution in [0.3, 0.4) is 0 Å². The van der Waals surface area contributed by atoms with Crippen LogP contribution in [0, 0.1) is 5.82 Å². The SMILES string of the molecule is CCCO[Si](OCCC)(OCCC)c1ccc(F)cc1. The Kier molecular flexibility index (Phi) is 7.99. The summed E-state index contributed by atoms with van der Waals surface area (Å²) < 4.78 is 31.1. The van der Waals surface area contributed by atoms with E-state index in [1.807, 2.05) is 20.8 Å². The monoisotopic (exact) mass is 300 g/mol. The molecule has 0 fully saturated rings. The van der Waals surface area contributed by atoms with Crippen molar-refractivity contribution in [3.05, 3.63) is 30.1 Å². The van der Waals surface area contributed by atoms with E-state index < -0.39 is 8.80 Å². The van der Waals surface area contributed by atoms with Crippen LogP contribution in [0.15, 0.2) is 24.3 Å². The van der Waals surface area contributed by atoms with E-state index in [1.54, 1.807) is 12.1 Å². The quantitative estimate of drug-likeness (QED) is 0.621. The normalized spacial score (nSPS) is 11.8. The van der Waals surface area contributed by atoms with E-state index in [1.165, 1.54) is 12.1 Å². The lowest BCUT2D eigenvalue weighted by molar-refractivity contribution is 0.0732. The van der Waals surface area contributed by atoms with Gasteiger partial charge in [-0.2, -0.15) is 0 Å². The molecule has 0 amide bonds. The lowest BCUT2D eigenvalue weighted by Crippen LogP contribution is -2.57. The number of hydrogen-bond donors (Lipinski definition) is 0. The Morgan fingerprint density at radius 1 is 0.800 bits per heavy atom. The van der Waals surface area contributed by atoms with E-state index >= 15 is 0 Å². The van der Waals surface area contributed by atoms with Gasteiger partial charge in [0.1, 0.15) is 5.82 Å². The van der Waals surface area contributed by atoms with Crippen molar-refractivity contribution >= 4 is 14.0 Å². The fourth-order valence-electron chi connectivity index (χ4n) is 1.74. The molecule has 0 spiro atoms. The third-order valence-corrected chi connectivity index (χ3v) is 5.48. The highest BCUT2D eigenvalue weighted by molar-refractivity contribution is 6.75. The van der Waals surface area contributed by atoms with Gasteiger partial charge >= 0.3 is 8.80 Å². The number of benzene rings is 1. The van der Waals surface area contributed by atoms with Crippen molar-refractivity contribution in [1.82, 2.24) is 0 Å². The van der Waals surface area contributed by atoms with Crippen LogP contribution in [-0.2, 0) is 13.3 Å². The molecule has 0 unspecified atom stereocenters. The van der Waals surface area contributed by atoms with E-state index in [2.05, 4.69) is 0 Å². The second-order valence-electron chi connectivity index (χ2n) is 4.61. The molecule has 0 bridgehead atoms. The van der Waals surface area contributed by atoms with Crippen molar-refractivity contribution in [2.75, 3.05) is 19.8 Å². The van der Waals surface area contributed by atoms with E-state index in [-0.39, 0.29) is 5.82 Å². The van der Waals surface area contributed by atoms with Crippen LogP contribution in [0.2, 0.25) is 0 Å². The molecule has 114 valence electrons. The summed E-state index contributed by atoms with van der Waals surface area (Å²) in [7, 11) is -2.92. The Hall–Kier alpha value is -0.753. The number of halogens is 1. The minimum atomic E-state index is -2.92. The van der Waals surface area contributed by atoms with E-state index in [0.717, 1.165) is 24.4 Å². The maximum atomic E-state index is 13.1. The van der Waals surface area contributed by atoms with Gasteiger partial charge in [-0.1, -0.05) is 32.9 Å².